The zero-order chi connectivity index (χ0) is 10.1. The predicted molar refractivity (Wildman–Crippen MR) is 58.5 cm³/mol. The Kier molecular flexibility index (Phi) is 2.80. The van der Waals surface area contributed by atoms with Crippen LogP contribution in [0, 0.1) is 12.8 Å². The Balaban J connectivity index is 2.26. The SMILES string of the molecule is Cc1cccc(C(O)C2CCC2)c1Cl. The topological polar surface area (TPSA) is 20.2 Å². The minimum absolute atomic E-state index is 0.365. The quantitative estimate of drug-likeness (QED) is 0.793. The van der Waals surface area contributed by atoms with Crippen LogP contribution in [0.5, 0.6) is 0 Å². The van der Waals surface area contributed by atoms with Crippen LogP contribution in [0.15, 0.2) is 18.2 Å². The highest BCUT2D eigenvalue weighted by Crippen LogP contribution is 2.40. The molecule has 1 atom stereocenters. The number of hydrogen-bond acceptors (Lipinski definition) is 1. The smallest absolute Gasteiger partial charge is 0.0832 e. The van der Waals surface area contributed by atoms with E-state index in [0.29, 0.717) is 5.92 Å². The maximum Gasteiger partial charge on any atom is 0.0832 e. The van der Waals surface area contributed by atoms with Crippen molar-refractivity contribution in [1.29, 1.82) is 0 Å². The molecule has 1 N–H and O–H groups in total. The molecule has 0 heterocycles. The molecule has 14 heavy (non-hydrogen) atoms. The van der Waals surface area contributed by atoms with Crippen LogP contribution in [0.1, 0.15) is 36.5 Å². The van der Waals surface area contributed by atoms with E-state index in [0.717, 1.165) is 29.0 Å². The minimum atomic E-state index is -0.365. The molecule has 0 saturated heterocycles. The zero-order valence-corrected chi connectivity index (χ0v) is 9.09. The van der Waals surface area contributed by atoms with Crippen molar-refractivity contribution < 1.29 is 5.11 Å². The largest absolute Gasteiger partial charge is 0.388 e. The molecule has 1 fully saturated rings. The monoisotopic (exact) mass is 210 g/mol. The lowest BCUT2D eigenvalue weighted by atomic mass is 9.78. The summed E-state index contributed by atoms with van der Waals surface area (Å²) in [6.45, 7) is 1.97. The second kappa shape index (κ2) is 3.92. The molecule has 0 aliphatic heterocycles. The summed E-state index contributed by atoms with van der Waals surface area (Å²) in [5, 5.41) is 10.8. The molecule has 1 aromatic rings. The maximum atomic E-state index is 10.1. The lowest BCUT2D eigenvalue weighted by Crippen LogP contribution is -2.20. The molecule has 0 radical (unpaired) electrons. The first-order valence-electron chi connectivity index (χ1n) is 5.13. The standard InChI is InChI=1S/C12H15ClO/c1-8-4-2-7-10(11(8)13)12(14)9-5-3-6-9/h2,4,7,9,12,14H,3,5-6H2,1H3. The first kappa shape index (κ1) is 10.0. The maximum absolute atomic E-state index is 10.1. The van der Waals surface area contributed by atoms with Gasteiger partial charge in [-0.05, 0) is 36.8 Å². The molecule has 1 aromatic carbocycles. The molecule has 1 nitrogen and oxygen atoms in total. The molecular weight excluding hydrogens is 196 g/mol. The summed E-state index contributed by atoms with van der Waals surface area (Å²) < 4.78 is 0. The van der Waals surface area contributed by atoms with E-state index in [1.165, 1.54) is 6.42 Å². The van der Waals surface area contributed by atoms with Gasteiger partial charge in [0.15, 0.2) is 0 Å². The summed E-state index contributed by atoms with van der Waals surface area (Å²) >= 11 is 6.15. The van der Waals surface area contributed by atoms with Gasteiger partial charge in [-0.2, -0.15) is 0 Å². The van der Waals surface area contributed by atoms with Gasteiger partial charge in [0, 0.05) is 5.02 Å². The predicted octanol–water partition coefficient (Wildman–Crippen LogP) is 3.48. The van der Waals surface area contributed by atoms with Crippen molar-refractivity contribution in [1.82, 2.24) is 0 Å². The number of hydrogen-bond donors (Lipinski definition) is 1. The average Bonchev–Trinajstić information content (AvgIpc) is 2.06. The highest BCUT2D eigenvalue weighted by Gasteiger charge is 2.28. The molecule has 0 aromatic heterocycles. The molecule has 0 spiro atoms. The number of aliphatic hydroxyl groups is 1. The van der Waals surface area contributed by atoms with Crippen LogP contribution in [0.3, 0.4) is 0 Å². The molecule has 76 valence electrons. The van der Waals surface area contributed by atoms with Gasteiger partial charge in [0.05, 0.1) is 6.10 Å². The molecule has 0 bridgehead atoms. The molecule has 0 amide bonds. The fourth-order valence-electron chi connectivity index (χ4n) is 1.91. The van der Waals surface area contributed by atoms with E-state index < -0.39 is 0 Å². The second-order valence-electron chi connectivity index (χ2n) is 4.11. The average molecular weight is 211 g/mol. The van der Waals surface area contributed by atoms with Crippen molar-refractivity contribution in [2.45, 2.75) is 32.3 Å². The molecule has 2 rings (SSSR count). The Hall–Kier alpha value is -0.530. The molecule has 1 unspecified atom stereocenters. The number of halogens is 1. The molecule has 2 heteroatoms. The highest BCUT2D eigenvalue weighted by molar-refractivity contribution is 6.32. The molecule has 1 saturated carbocycles. The van der Waals surface area contributed by atoms with E-state index in [2.05, 4.69) is 0 Å². The van der Waals surface area contributed by atoms with Gasteiger partial charge >= 0.3 is 0 Å². The van der Waals surface area contributed by atoms with Gasteiger partial charge in [0.25, 0.3) is 0 Å². The van der Waals surface area contributed by atoms with Crippen molar-refractivity contribution in [3.05, 3.63) is 34.3 Å². The van der Waals surface area contributed by atoms with Crippen LogP contribution in [-0.2, 0) is 0 Å². The number of aryl methyl sites for hydroxylation is 1. The summed E-state index contributed by atoms with van der Waals surface area (Å²) in [4.78, 5) is 0. The van der Waals surface area contributed by atoms with E-state index in [4.69, 9.17) is 11.6 Å². The summed E-state index contributed by atoms with van der Waals surface area (Å²) in [7, 11) is 0. The first-order valence-corrected chi connectivity index (χ1v) is 5.51. The van der Waals surface area contributed by atoms with Crippen molar-refractivity contribution in [2.75, 3.05) is 0 Å². The van der Waals surface area contributed by atoms with Crippen LogP contribution in [-0.4, -0.2) is 5.11 Å². The third-order valence-electron chi connectivity index (χ3n) is 3.14. The second-order valence-corrected chi connectivity index (χ2v) is 4.49. The Bertz CT molecular complexity index is 331. The molecular formula is C12H15ClO. The fourth-order valence-corrected chi connectivity index (χ4v) is 2.15. The van der Waals surface area contributed by atoms with Gasteiger partial charge in [-0.3, -0.25) is 0 Å². The van der Waals surface area contributed by atoms with Crippen molar-refractivity contribution in [2.24, 2.45) is 5.92 Å². The zero-order valence-electron chi connectivity index (χ0n) is 8.33. The number of benzene rings is 1. The minimum Gasteiger partial charge on any atom is -0.388 e. The summed E-state index contributed by atoms with van der Waals surface area (Å²) in [5.74, 6) is 0.425. The molecule has 1 aliphatic rings. The Morgan fingerprint density at radius 2 is 2.14 bits per heavy atom. The molecule has 1 aliphatic carbocycles. The summed E-state index contributed by atoms with van der Waals surface area (Å²) in [6, 6.07) is 5.86. The van der Waals surface area contributed by atoms with Gasteiger partial charge in [-0.1, -0.05) is 36.2 Å². The van der Waals surface area contributed by atoms with E-state index >= 15 is 0 Å². The van der Waals surface area contributed by atoms with Crippen molar-refractivity contribution in [3.8, 4) is 0 Å². The van der Waals surface area contributed by atoms with Crippen molar-refractivity contribution in [3.63, 3.8) is 0 Å². The van der Waals surface area contributed by atoms with E-state index in [9.17, 15) is 5.11 Å². The van der Waals surface area contributed by atoms with E-state index in [1.54, 1.807) is 0 Å². The van der Waals surface area contributed by atoms with Crippen LogP contribution < -0.4 is 0 Å². The normalized spacial score (nSPS) is 19.1. The number of aliphatic hydroxyl groups excluding tert-OH is 1. The van der Waals surface area contributed by atoms with Crippen LogP contribution in [0.2, 0.25) is 5.02 Å². The van der Waals surface area contributed by atoms with Gasteiger partial charge in [-0.25, -0.2) is 0 Å². The Morgan fingerprint density at radius 3 is 2.71 bits per heavy atom. The first-order chi connectivity index (χ1) is 6.70. The Morgan fingerprint density at radius 1 is 1.43 bits per heavy atom. The van der Waals surface area contributed by atoms with Gasteiger partial charge < -0.3 is 5.11 Å². The van der Waals surface area contributed by atoms with Gasteiger partial charge in [0.1, 0.15) is 0 Å². The number of rotatable bonds is 2. The summed E-state index contributed by atoms with van der Waals surface area (Å²) in [6.07, 6.45) is 3.14. The van der Waals surface area contributed by atoms with Crippen LogP contribution >= 0.6 is 11.6 Å². The van der Waals surface area contributed by atoms with Gasteiger partial charge in [0.2, 0.25) is 0 Å². The van der Waals surface area contributed by atoms with E-state index in [1.807, 2.05) is 25.1 Å². The highest BCUT2D eigenvalue weighted by atomic mass is 35.5. The van der Waals surface area contributed by atoms with Gasteiger partial charge in [-0.15, -0.1) is 0 Å². The third-order valence-corrected chi connectivity index (χ3v) is 3.65. The lowest BCUT2D eigenvalue weighted by molar-refractivity contribution is 0.0621. The van der Waals surface area contributed by atoms with Crippen molar-refractivity contribution >= 4 is 11.6 Å². The van der Waals surface area contributed by atoms with Crippen LogP contribution in [0.4, 0.5) is 0 Å². The third kappa shape index (κ3) is 1.67. The Labute approximate surface area is 89.7 Å². The summed E-state index contributed by atoms with van der Waals surface area (Å²) in [5.41, 5.74) is 1.94. The fraction of sp³-hybridized carbons (Fsp3) is 0.500. The lowest BCUT2D eigenvalue weighted by Gasteiger charge is -2.31. The van der Waals surface area contributed by atoms with E-state index in [-0.39, 0.29) is 6.10 Å². The van der Waals surface area contributed by atoms with Crippen LogP contribution in [0.25, 0.3) is 0 Å².